The van der Waals surface area contributed by atoms with Gasteiger partial charge in [-0.3, -0.25) is 25.6 Å². The first-order chi connectivity index (χ1) is 15.5. The van der Waals surface area contributed by atoms with E-state index in [1.54, 1.807) is 0 Å². The quantitative estimate of drug-likeness (QED) is 0.576. The Labute approximate surface area is 195 Å². The highest BCUT2D eigenvalue weighted by atomic mass is 16.5. The van der Waals surface area contributed by atoms with Gasteiger partial charge in [-0.1, -0.05) is 0 Å². The lowest BCUT2D eigenvalue weighted by molar-refractivity contribution is -0.138. The molecule has 2 saturated carbocycles. The number of amides is 1. The van der Waals surface area contributed by atoms with Crippen molar-refractivity contribution in [3.05, 3.63) is 0 Å². The van der Waals surface area contributed by atoms with Gasteiger partial charge in [0.25, 0.3) is 0 Å². The second-order valence-electron chi connectivity index (χ2n) is 11.0. The van der Waals surface area contributed by atoms with Crippen molar-refractivity contribution in [2.24, 2.45) is 17.8 Å². The van der Waals surface area contributed by atoms with E-state index >= 15 is 0 Å². The molecule has 184 valence electrons. The summed E-state index contributed by atoms with van der Waals surface area (Å²) >= 11 is 0. The first kappa shape index (κ1) is 24.4. The van der Waals surface area contributed by atoms with Crippen LogP contribution in [0.3, 0.4) is 0 Å². The summed E-state index contributed by atoms with van der Waals surface area (Å²) in [5.74, 6) is 2.20. The zero-order valence-electron chi connectivity index (χ0n) is 20.7. The van der Waals surface area contributed by atoms with Crippen molar-refractivity contribution >= 4 is 5.91 Å². The van der Waals surface area contributed by atoms with Crippen molar-refractivity contribution in [2.45, 2.75) is 89.7 Å². The Bertz CT molecular complexity index is 571. The third kappa shape index (κ3) is 6.23. The van der Waals surface area contributed by atoms with Crippen molar-refractivity contribution in [3.8, 4) is 0 Å². The second kappa shape index (κ2) is 11.6. The molecule has 0 unspecified atom stereocenters. The minimum atomic E-state index is 0.211. The molecule has 7 nitrogen and oxygen atoms in total. The molecule has 0 aromatic rings. The van der Waals surface area contributed by atoms with Crippen molar-refractivity contribution in [1.82, 2.24) is 25.8 Å². The SMILES string of the molecule is COC1CCC(C2CNC(NC3CCC(C(=O)N4CCN(C(C)C)CC4)CC3)NC2)CC1. The molecule has 2 saturated heterocycles. The summed E-state index contributed by atoms with van der Waals surface area (Å²) in [5.41, 5.74) is 0. The van der Waals surface area contributed by atoms with Crippen LogP contribution in [-0.2, 0) is 9.53 Å². The topological polar surface area (TPSA) is 68.9 Å². The van der Waals surface area contributed by atoms with Gasteiger partial charge >= 0.3 is 0 Å². The Balaban J connectivity index is 1.12. The van der Waals surface area contributed by atoms with Gasteiger partial charge in [0.2, 0.25) is 5.91 Å². The highest BCUT2D eigenvalue weighted by molar-refractivity contribution is 5.79. The molecular formula is C25H47N5O2. The lowest BCUT2D eigenvalue weighted by atomic mass is 9.78. The third-order valence-corrected chi connectivity index (χ3v) is 8.72. The number of nitrogens with one attached hydrogen (secondary N) is 3. The largest absolute Gasteiger partial charge is 0.381 e. The van der Waals surface area contributed by atoms with Crippen LogP contribution in [0.1, 0.15) is 65.2 Å². The van der Waals surface area contributed by atoms with E-state index in [-0.39, 0.29) is 12.2 Å². The van der Waals surface area contributed by atoms with Crippen LogP contribution in [0.5, 0.6) is 0 Å². The average Bonchev–Trinajstić information content (AvgIpc) is 2.85. The van der Waals surface area contributed by atoms with Crippen LogP contribution in [0.2, 0.25) is 0 Å². The Kier molecular flexibility index (Phi) is 8.85. The van der Waals surface area contributed by atoms with Crippen molar-refractivity contribution in [2.75, 3.05) is 46.4 Å². The summed E-state index contributed by atoms with van der Waals surface area (Å²) in [6.07, 6.45) is 9.99. The maximum absolute atomic E-state index is 13.0. The van der Waals surface area contributed by atoms with Crippen LogP contribution in [0.15, 0.2) is 0 Å². The minimum absolute atomic E-state index is 0.211. The van der Waals surface area contributed by atoms with E-state index < -0.39 is 0 Å². The van der Waals surface area contributed by atoms with E-state index in [1.807, 2.05) is 7.11 Å². The molecule has 4 fully saturated rings. The van der Waals surface area contributed by atoms with Crippen LogP contribution in [0.25, 0.3) is 0 Å². The number of carbonyl (C=O) groups is 1. The molecular weight excluding hydrogens is 402 g/mol. The Morgan fingerprint density at radius 1 is 0.875 bits per heavy atom. The summed E-state index contributed by atoms with van der Waals surface area (Å²) < 4.78 is 5.53. The Morgan fingerprint density at radius 2 is 1.50 bits per heavy atom. The predicted molar refractivity (Wildman–Crippen MR) is 128 cm³/mol. The van der Waals surface area contributed by atoms with Gasteiger partial charge < -0.3 is 9.64 Å². The third-order valence-electron chi connectivity index (χ3n) is 8.72. The van der Waals surface area contributed by atoms with Gasteiger partial charge in [0.05, 0.1) is 6.10 Å². The predicted octanol–water partition coefficient (Wildman–Crippen LogP) is 1.99. The highest BCUT2D eigenvalue weighted by Gasteiger charge is 2.34. The molecule has 4 aliphatic rings. The number of hydrogen-bond acceptors (Lipinski definition) is 6. The Morgan fingerprint density at radius 3 is 2.06 bits per heavy atom. The summed E-state index contributed by atoms with van der Waals surface area (Å²) in [6.45, 7) is 10.5. The van der Waals surface area contributed by atoms with Crippen molar-refractivity contribution < 1.29 is 9.53 Å². The van der Waals surface area contributed by atoms with E-state index in [1.165, 1.54) is 25.7 Å². The summed E-state index contributed by atoms with van der Waals surface area (Å²) in [7, 11) is 1.85. The molecule has 0 atom stereocenters. The maximum Gasteiger partial charge on any atom is 0.225 e. The van der Waals surface area contributed by atoms with Crippen molar-refractivity contribution in [3.63, 3.8) is 0 Å². The zero-order chi connectivity index (χ0) is 22.5. The average molecular weight is 450 g/mol. The standard InChI is InChI=1S/C25H47N5O2/c1-18(2)29-12-14-30(15-13-29)24(31)20-4-8-22(9-5-20)28-25-26-16-21(17-27-25)19-6-10-23(32-3)11-7-19/h18-23,25-28H,4-17H2,1-3H3. The number of rotatable bonds is 6. The Hall–Kier alpha value is -0.730. The number of ether oxygens (including phenoxy) is 1. The number of piperazine rings is 1. The second-order valence-corrected chi connectivity index (χ2v) is 11.0. The van der Waals surface area contributed by atoms with E-state index in [9.17, 15) is 4.79 Å². The van der Waals surface area contributed by atoms with Gasteiger partial charge in [-0.05, 0) is 77.0 Å². The van der Waals surface area contributed by atoms with Crippen LogP contribution >= 0.6 is 0 Å². The van der Waals surface area contributed by atoms with Crippen molar-refractivity contribution in [1.29, 1.82) is 0 Å². The van der Waals surface area contributed by atoms with Crippen LogP contribution in [0.4, 0.5) is 0 Å². The lowest BCUT2D eigenvalue weighted by Gasteiger charge is -2.41. The molecule has 7 heteroatoms. The normalized spacial score (nSPS) is 37.6. The molecule has 0 bridgehead atoms. The van der Waals surface area contributed by atoms with Crippen LogP contribution in [-0.4, -0.2) is 86.6 Å². The van der Waals surface area contributed by atoms with Gasteiger partial charge in [0, 0.05) is 64.4 Å². The van der Waals surface area contributed by atoms with Gasteiger partial charge in [0.15, 0.2) is 0 Å². The van der Waals surface area contributed by atoms with Crippen LogP contribution < -0.4 is 16.0 Å². The molecule has 2 aliphatic heterocycles. The highest BCUT2D eigenvalue weighted by Crippen LogP contribution is 2.32. The molecule has 2 heterocycles. The molecule has 0 aromatic carbocycles. The molecule has 4 rings (SSSR count). The summed E-state index contributed by atoms with van der Waals surface area (Å²) in [4.78, 5) is 17.6. The molecule has 32 heavy (non-hydrogen) atoms. The number of hydrogen-bond donors (Lipinski definition) is 3. The van der Waals surface area contributed by atoms with Gasteiger partial charge in [0.1, 0.15) is 6.29 Å². The van der Waals surface area contributed by atoms with E-state index in [2.05, 4.69) is 39.6 Å². The first-order valence-corrected chi connectivity index (χ1v) is 13.3. The zero-order valence-corrected chi connectivity index (χ0v) is 20.7. The monoisotopic (exact) mass is 449 g/mol. The van der Waals surface area contributed by atoms with E-state index in [0.29, 0.717) is 24.1 Å². The fraction of sp³-hybridized carbons (Fsp3) is 0.960. The molecule has 2 aliphatic carbocycles. The van der Waals surface area contributed by atoms with Gasteiger partial charge in [-0.15, -0.1) is 0 Å². The molecule has 3 N–H and O–H groups in total. The molecule has 0 radical (unpaired) electrons. The molecule has 0 aromatic heterocycles. The summed E-state index contributed by atoms with van der Waals surface area (Å²) in [6, 6.07) is 1.09. The summed E-state index contributed by atoms with van der Waals surface area (Å²) in [5, 5.41) is 11.2. The van der Waals surface area contributed by atoms with E-state index in [0.717, 1.165) is 76.8 Å². The fourth-order valence-electron chi connectivity index (χ4n) is 6.39. The maximum atomic E-state index is 13.0. The van der Waals surface area contributed by atoms with E-state index in [4.69, 9.17) is 4.74 Å². The molecule has 1 amide bonds. The smallest absolute Gasteiger partial charge is 0.225 e. The van der Waals surface area contributed by atoms with Gasteiger partial charge in [-0.2, -0.15) is 0 Å². The number of methoxy groups -OCH3 is 1. The first-order valence-electron chi connectivity index (χ1n) is 13.3. The minimum Gasteiger partial charge on any atom is -0.381 e. The number of nitrogens with zero attached hydrogens (tertiary/aromatic N) is 2. The van der Waals surface area contributed by atoms with Gasteiger partial charge in [-0.25, -0.2) is 0 Å². The fourth-order valence-corrected chi connectivity index (χ4v) is 6.39. The number of carbonyl (C=O) groups excluding carboxylic acids is 1. The lowest BCUT2D eigenvalue weighted by Crippen LogP contribution is -2.63. The van der Waals surface area contributed by atoms with Crippen LogP contribution in [0, 0.1) is 17.8 Å². The molecule has 0 spiro atoms.